The quantitative estimate of drug-likeness (QED) is 0.651. The van der Waals surface area contributed by atoms with E-state index in [4.69, 9.17) is 0 Å². The van der Waals surface area contributed by atoms with Gasteiger partial charge < -0.3 is 9.72 Å². The molecule has 1 heterocycles. The molecule has 0 saturated heterocycles. The van der Waals surface area contributed by atoms with Gasteiger partial charge in [0.25, 0.3) is 0 Å². The van der Waals surface area contributed by atoms with Crippen LogP contribution in [0.25, 0.3) is 0 Å². The average molecular weight is 151 g/mol. The van der Waals surface area contributed by atoms with E-state index >= 15 is 0 Å². The number of hydrogen-bond acceptors (Lipinski definition) is 1. The van der Waals surface area contributed by atoms with Gasteiger partial charge in [0, 0.05) is 6.20 Å². The summed E-state index contributed by atoms with van der Waals surface area (Å²) in [5.41, 5.74) is 0. The van der Waals surface area contributed by atoms with Gasteiger partial charge >= 0.3 is 6.36 Å². The van der Waals surface area contributed by atoms with E-state index in [-0.39, 0.29) is 5.88 Å². The van der Waals surface area contributed by atoms with Gasteiger partial charge in [-0.05, 0) is 12.1 Å². The summed E-state index contributed by atoms with van der Waals surface area (Å²) in [6, 6.07) is 2.61. The molecule has 0 fully saturated rings. The third kappa shape index (κ3) is 2.00. The summed E-state index contributed by atoms with van der Waals surface area (Å²) < 4.78 is 37.6. The number of halogens is 3. The largest absolute Gasteiger partial charge is 0.574 e. The Kier molecular flexibility index (Phi) is 1.57. The van der Waals surface area contributed by atoms with E-state index in [1.165, 1.54) is 18.3 Å². The van der Waals surface area contributed by atoms with Crippen LogP contribution in [0.2, 0.25) is 0 Å². The second-order valence-electron chi connectivity index (χ2n) is 1.58. The predicted octanol–water partition coefficient (Wildman–Crippen LogP) is 1.91. The first-order valence-electron chi connectivity index (χ1n) is 2.47. The SMILES string of the molecule is FC(F)(F)Oc1ccc[nH]1. The Labute approximate surface area is 54.6 Å². The monoisotopic (exact) mass is 151 g/mol. The molecule has 10 heavy (non-hydrogen) atoms. The molecule has 1 aromatic rings. The standard InChI is InChI=1S/C5H4F3NO/c6-5(7,8)10-4-2-1-3-9-4/h1-3,9H. The topological polar surface area (TPSA) is 25.0 Å². The molecule has 0 amide bonds. The normalized spacial score (nSPS) is 11.5. The Morgan fingerprint density at radius 3 is 2.50 bits per heavy atom. The fourth-order valence-electron chi connectivity index (χ4n) is 0.502. The maximum Gasteiger partial charge on any atom is 0.574 e. The second-order valence-corrected chi connectivity index (χ2v) is 1.58. The van der Waals surface area contributed by atoms with Crippen molar-refractivity contribution < 1.29 is 17.9 Å². The van der Waals surface area contributed by atoms with Gasteiger partial charge in [-0.2, -0.15) is 0 Å². The van der Waals surface area contributed by atoms with Crippen molar-refractivity contribution in [3.63, 3.8) is 0 Å². The van der Waals surface area contributed by atoms with Crippen LogP contribution >= 0.6 is 0 Å². The zero-order valence-corrected chi connectivity index (χ0v) is 4.77. The van der Waals surface area contributed by atoms with Gasteiger partial charge in [0.05, 0.1) is 0 Å². The van der Waals surface area contributed by atoms with Crippen molar-refractivity contribution >= 4 is 0 Å². The fraction of sp³-hybridized carbons (Fsp3) is 0.200. The van der Waals surface area contributed by atoms with Crippen LogP contribution in [0.3, 0.4) is 0 Å². The summed E-state index contributed by atoms with van der Waals surface area (Å²) >= 11 is 0. The molecule has 0 bridgehead atoms. The molecule has 0 aliphatic carbocycles. The smallest absolute Gasteiger partial charge is 0.390 e. The minimum atomic E-state index is -4.61. The number of nitrogens with one attached hydrogen (secondary N) is 1. The molecule has 0 aliphatic rings. The molecule has 5 heteroatoms. The molecular formula is C5H4F3NO. The Bertz CT molecular complexity index is 191. The highest BCUT2D eigenvalue weighted by Gasteiger charge is 2.31. The first-order chi connectivity index (χ1) is 4.58. The summed E-state index contributed by atoms with van der Waals surface area (Å²) in [4.78, 5) is 2.25. The first-order valence-corrected chi connectivity index (χ1v) is 2.47. The molecule has 0 unspecified atom stereocenters. The van der Waals surface area contributed by atoms with Crippen LogP contribution in [0.15, 0.2) is 18.3 Å². The number of H-pyrrole nitrogens is 1. The van der Waals surface area contributed by atoms with Crippen LogP contribution in [0.5, 0.6) is 5.88 Å². The molecule has 1 rings (SSSR count). The highest BCUT2D eigenvalue weighted by atomic mass is 19.4. The second kappa shape index (κ2) is 2.24. The van der Waals surface area contributed by atoms with E-state index in [2.05, 4.69) is 9.72 Å². The molecule has 2 nitrogen and oxygen atoms in total. The molecule has 0 spiro atoms. The molecule has 0 aromatic carbocycles. The molecule has 1 aromatic heterocycles. The van der Waals surface area contributed by atoms with Crippen LogP contribution in [0.1, 0.15) is 0 Å². The third-order valence-corrected chi connectivity index (χ3v) is 0.795. The maximum atomic E-state index is 11.4. The summed E-state index contributed by atoms with van der Waals surface area (Å²) in [5.74, 6) is -0.299. The van der Waals surface area contributed by atoms with Crippen LogP contribution < -0.4 is 4.74 Å². The number of ether oxygens (including phenoxy) is 1. The van der Waals surface area contributed by atoms with Gasteiger partial charge in [0.2, 0.25) is 0 Å². The van der Waals surface area contributed by atoms with E-state index in [1.54, 1.807) is 0 Å². The van der Waals surface area contributed by atoms with E-state index in [9.17, 15) is 13.2 Å². The Morgan fingerprint density at radius 2 is 2.10 bits per heavy atom. The molecule has 0 atom stereocenters. The number of aromatic nitrogens is 1. The van der Waals surface area contributed by atoms with Crippen LogP contribution in [-0.4, -0.2) is 11.3 Å². The molecular weight excluding hydrogens is 147 g/mol. The van der Waals surface area contributed by atoms with Gasteiger partial charge in [0.15, 0.2) is 5.88 Å². The van der Waals surface area contributed by atoms with Crippen molar-refractivity contribution in [2.24, 2.45) is 0 Å². The molecule has 0 aliphatic heterocycles. The maximum absolute atomic E-state index is 11.4. The number of hydrogen-bond donors (Lipinski definition) is 1. The van der Waals surface area contributed by atoms with Gasteiger partial charge in [-0.3, -0.25) is 0 Å². The van der Waals surface area contributed by atoms with Gasteiger partial charge in [-0.25, -0.2) is 0 Å². The summed E-state index contributed by atoms with van der Waals surface area (Å²) in [6.45, 7) is 0. The molecule has 1 N–H and O–H groups in total. The molecule has 0 saturated carbocycles. The van der Waals surface area contributed by atoms with Crippen LogP contribution in [0.4, 0.5) is 13.2 Å². The Hall–Kier alpha value is -1.13. The van der Waals surface area contributed by atoms with E-state index in [0.717, 1.165) is 0 Å². The summed E-state index contributed by atoms with van der Waals surface area (Å²) in [5, 5.41) is 0. The van der Waals surface area contributed by atoms with Crippen molar-refractivity contribution in [3.05, 3.63) is 18.3 Å². The summed E-state index contributed by atoms with van der Waals surface area (Å²) in [6.07, 6.45) is -3.26. The number of rotatable bonds is 1. The highest BCUT2D eigenvalue weighted by molar-refractivity contribution is 5.09. The van der Waals surface area contributed by atoms with E-state index < -0.39 is 6.36 Å². The highest BCUT2D eigenvalue weighted by Crippen LogP contribution is 2.19. The van der Waals surface area contributed by atoms with Gasteiger partial charge in [0.1, 0.15) is 0 Å². The van der Waals surface area contributed by atoms with E-state index in [1.807, 2.05) is 0 Å². The van der Waals surface area contributed by atoms with Gasteiger partial charge in [-0.15, -0.1) is 13.2 Å². The van der Waals surface area contributed by atoms with Crippen molar-refractivity contribution in [1.82, 2.24) is 4.98 Å². The molecule has 0 radical (unpaired) electrons. The Balaban J connectivity index is 2.57. The zero-order chi connectivity index (χ0) is 7.61. The Morgan fingerprint density at radius 1 is 1.40 bits per heavy atom. The van der Waals surface area contributed by atoms with Crippen molar-refractivity contribution in [3.8, 4) is 5.88 Å². The fourth-order valence-corrected chi connectivity index (χ4v) is 0.502. The average Bonchev–Trinajstić information content (AvgIpc) is 2.12. The summed E-state index contributed by atoms with van der Waals surface area (Å²) in [7, 11) is 0. The minimum Gasteiger partial charge on any atom is -0.390 e. The number of aromatic amines is 1. The number of alkyl halides is 3. The predicted molar refractivity (Wildman–Crippen MR) is 27.5 cm³/mol. The lowest BCUT2D eigenvalue weighted by Gasteiger charge is -2.04. The lowest BCUT2D eigenvalue weighted by atomic mass is 10.6. The van der Waals surface area contributed by atoms with Crippen molar-refractivity contribution in [2.75, 3.05) is 0 Å². The van der Waals surface area contributed by atoms with Gasteiger partial charge in [-0.1, -0.05) is 0 Å². The van der Waals surface area contributed by atoms with E-state index in [0.29, 0.717) is 0 Å². The van der Waals surface area contributed by atoms with Crippen LogP contribution in [-0.2, 0) is 0 Å². The first kappa shape index (κ1) is 6.98. The minimum absolute atomic E-state index is 0.299. The zero-order valence-electron chi connectivity index (χ0n) is 4.77. The van der Waals surface area contributed by atoms with Crippen molar-refractivity contribution in [2.45, 2.75) is 6.36 Å². The van der Waals surface area contributed by atoms with Crippen molar-refractivity contribution in [1.29, 1.82) is 0 Å². The lowest BCUT2D eigenvalue weighted by molar-refractivity contribution is -0.276. The lowest BCUT2D eigenvalue weighted by Crippen LogP contribution is -2.17. The third-order valence-electron chi connectivity index (χ3n) is 0.795. The molecule has 56 valence electrons. The van der Waals surface area contributed by atoms with Crippen LogP contribution in [0, 0.1) is 0 Å².